The molecule has 2 aliphatic rings. The van der Waals surface area contributed by atoms with E-state index in [-0.39, 0.29) is 0 Å². The van der Waals surface area contributed by atoms with Crippen LogP contribution >= 0.6 is 11.3 Å². The van der Waals surface area contributed by atoms with Crippen LogP contribution in [0, 0.1) is 0 Å². The van der Waals surface area contributed by atoms with E-state index in [1.165, 1.54) is 16.0 Å². The Balaban J connectivity index is 1.82. The molecule has 1 fully saturated rings. The number of nitrogens with zero attached hydrogens (tertiary/aromatic N) is 1. The molecule has 1 saturated heterocycles. The van der Waals surface area contributed by atoms with E-state index in [1.54, 1.807) is 0 Å². The van der Waals surface area contributed by atoms with Gasteiger partial charge in [0.15, 0.2) is 0 Å². The molecule has 3 heterocycles. The van der Waals surface area contributed by atoms with Gasteiger partial charge >= 0.3 is 0 Å². The van der Waals surface area contributed by atoms with Crippen molar-refractivity contribution in [2.24, 2.45) is 0 Å². The van der Waals surface area contributed by atoms with Gasteiger partial charge in [0, 0.05) is 23.8 Å². The highest BCUT2D eigenvalue weighted by Gasteiger charge is 2.40. The molecule has 3 heteroatoms. The number of carbonyl (C=O) groups is 1. The average molecular weight is 269 g/mol. The lowest BCUT2D eigenvalue weighted by Gasteiger charge is -2.35. The zero-order valence-corrected chi connectivity index (χ0v) is 11.4. The number of hydrogen-bond acceptors (Lipinski definition) is 2. The number of amides is 1. The molecule has 4 rings (SSSR count). The van der Waals surface area contributed by atoms with Gasteiger partial charge in [0.25, 0.3) is 0 Å². The van der Waals surface area contributed by atoms with Gasteiger partial charge in [-0.15, -0.1) is 11.3 Å². The third-order valence-electron chi connectivity index (χ3n) is 4.31. The summed E-state index contributed by atoms with van der Waals surface area (Å²) >= 11 is 1.81. The smallest absolute Gasteiger partial charge is 0.223 e. The summed E-state index contributed by atoms with van der Waals surface area (Å²) in [5, 5.41) is 2.17. The zero-order valence-electron chi connectivity index (χ0n) is 10.6. The van der Waals surface area contributed by atoms with Crippen LogP contribution in [0.5, 0.6) is 0 Å². The molecule has 1 aromatic carbocycles. The van der Waals surface area contributed by atoms with Gasteiger partial charge in [-0.05, 0) is 29.0 Å². The minimum atomic E-state index is 0.324. The summed E-state index contributed by atoms with van der Waals surface area (Å²) in [5.74, 6) is 0.672. The van der Waals surface area contributed by atoms with Gasteiger partial charge < -0.3 is 4.90 Å². The minimum absolute atomic E-state index is 0.324. The first-order chi connectivity index (χ1) is 9.34. The van der Waals surface area contributed by atoms with Gasteiger partial charge in [-0.1, -0.05) is 30.3 Å². The molecule has 0 saturated carbocycles. The maximum Gasteiger partial charge on any atom is 0.223 e. The topological polar surface area (TPSA) is 20.3 Å². The Morgan fingerprint density at radius 1 is 1.16 bits per heavy atom. The molecule has 2 aliphatic heterocycles. The van der Waals surface area contributed by atoms with Crippen molar-refractivity contribution >= 4 is 17.2 Å². The van der Waals surface area contributed by atoms with Crippen LogP contribution in [0.3, 0.4) is 0 Å². The Morgan fingerprint density at radius 3 is 2.84 bits per heavy atom. The highest BCUT2D eigenvalue weighted by atomic mass is 32.1. The molecule has 0 radical (unpaired) electrons. The second-order valence-electron chi connectivity index (χ2n) is 5.30. The van der Waals surface area contributed by atoms with E-state index in [1.807, 2.05) is 17.4 Å². The summed E-state index contributed by atoms with van der Waals surface area (Å²) in [6.07, 6.45) is 1.71. The zero-order chi connectivity index (χ0) is 12.8. The van der Waals surface area contributed by atoms with Crippen LogP contribution in [-0.2, 0) is 4.79 Å². The molecule has 1 aromatic heterocycles. The molecule has 96 valence electrons. The summed E-state index contributed by atoms with van der Waals surface area (Å²) < 4.78 is 0. The number of fused-ring (bicyclic) bond motifs is 3. The van der Waals surface area contributed by atoms with Crippen molar-refractivity contribution < 1.29 is 4.79 Å². The number of rotatable bonds is 1. The van der Waals surface area contributed by atoms with E-state index in [9.17, 15) is 4.79 Å². The molecule has 0 spiro atoms. The number of hydrogen-bond donors (Lipinski definition) is 0. The Kier molecular flexibility index (Phi) is 2.49. The summed E-state index contributed by atoms with van der Waals surface area (Å²) in [6, 6.07) is 13.2. The maximum absolute atomic E-state index is 12.0. The molecule has 1 amide bonds. The summed E-state index contributed by atoms with van der Waals surface area (Å²) in [5.41, 5.74) is 2.76. The van der Waals surface area contributed by atoms with Gasteiger partial charge in [-0.3, -0.25) is 4.79 Å². The van der Waals surface area contributed by atoms with Crippen LogP contribution in [0.1, 0.15) is 40.8 Å². The largest absolute Gasteiger partial charge is 0.334 e. The van der Waals surface area contributed by atoms with E-state index in [0.717, 1.165) is 13.0 Å². The van der Waals surface area contributed by atoms with Crippen LogP contribution < -0.4 is 0 Å². The fourth-order valence-corrected chi connectivity index (χ4v) is 4.50. The fraction of sp³-hybridized carbons (Fsp3) is 0.312. The first kappa shape index (κ1) is 11.2. The predicted octanol–water partition coefficient (Wildman–Crippen LogP) is 3.56. The third-order valence-corrected chi connectivity index (χ3v) is 5.35. The molecule has 2 aromatic rings. The lowest BCUT2D eigenvalue weighted by molar-refractivity contribution is -0.129. The van der Waals surface area contributed by atoms with Crippen molar-refractivity contribution in [3.63, 3.8) is 0 Å². The molecule has 2 nitrogen and oxygen atoms in total. The van der Waals surface area contributed by atoms with Crippen LogP contribution in [0.15, 0.2) is 41.8 Å². The number of thiophene rings is 1. The van der Waals surface area contributed by atoms with E-state index in [2.05, 4.69) is 40.6 Å². The van der Waals surface area contributed by atoms with Crippen molar-refractivity contribution in [1.82, 2.24) is 4.90 Å². The molecular weight excluding hydrogens is 254 g/mol. The Labute approximate surface area is 116 Å². The van der Waals surface area contributed by atoms with E-state index < -0.39 is 0 Å². The number of benzene rings is 1. The molecule has 19 heavy (non-hydrogen) atoms. The SMILES string of the molecule is O=C1CCC2c3sccc3C(c3ccccc3)CN12. The van der Waals surface area contributed by atoms with Crippen molar-refractivity contribution in [2.75, 3.05) is 6.54 Å². The van der Waals surface area contributed by atoms with Gasteiger partial charge in [-0.2, -0.15) is 0 Å². The first-order valence-electron chi connectivity index (χ1n) is 6.76. The van der Waals surface area contributed by atoms with Gasteiger partial charge in [0.05, 0.1) is 6.04 Å². The standard InChI is InChI=1S/C16H15NOS/c18-15-7-6-14-16-12(8-9-19-16)13(10-17(14)15)11-4-2-1-3-5-11/h1-5,8-9,13-14H,6-7,10H2. The molecular formula is C16H15NOS. The van der Waals surface area contributed by atoms with Crippen LogP contribution in [-0.4, -0.2) is 17.4 Å². The normalized spacial score (nSPS) is 25.3. The highest BCUT2D eigenvalue weighted by Crippen LogP contribution is 2.46. The molecule has 0 bridgehead atoms. The van der Waals surface area contributed by atoms with Crippen molar-refractivity contribution in [3.05, 3.63) is 57.8 Å². The van der Waals surface area contributed by atoms with E-state index in [0.29, 0.717) is 24.3 Å². The van der Waals surface area contributed by atoms with Crippen molar-refractivity contribution in [2.45, 2.75) is 24.8 Å². The Bertz CT molecular complexity index is 619. The minimum Gasteiger partial charge on any atom is -0.334 e. The highest BCUT2D eigenvalue weighted by molar-refractivity contribution is 7.10. The predicted molar refractivity (Wildman–Crippen MR) is 76.3 cm³/mol. The average Bonchev–Trinajstić information content (AvgIpc) is 3.06. The fourth-order valence-electron chi connectivity index (χ4n) is 3.39. The second-order valence-corrected chi connectivity index (χ2v) is 6.25. The van der Waals surface area contributed by atoms with Crippen LogP contribution in [0.25, 0.3) is 0 Å². The van der Waals surface area contributed by atoms with Gasteiger partial charge in [-0.25, -0.2) is 0 Å². The summed E-state index contributed by atoms with van der Waals surface area (Å²) in [6.45, 7) is 0.844. The van der Waals surface area contributed by atoms with Gasteiger partial charge in [0.2, 0.25) is 5.91 Å². The van der Waals surface area contributed by atoms with Crippen molar-refractivity contribution in [1.29, 1.82) is 0 Å². The van der Waals surface area contributed by atoms with E-state index in [4.69, 9.17) is 0 Å². The van der Waals surface area contributed by atoms with Gasteiger partial charge in [0.1, 0.15) is 0 Å². The molecule has 2 atom stereocenters. The van der Waals surface area contributed by atoms with Crippen LogP contribution in [0.2, 0.25) is 0 Å². The monoisotopic (exact) mass is 269 g/mol. The lowest BCUT2D eigenvalue weighted by Crippen LogP contribution is -2.36. The lowest BCUT2D eigenvalue weighted by atomic mass is 9.86. The summed E-state index contributed by atoms with van der Waals surface area (Å²) in [7, 11) is 0. The number of carbonyl (C=O) groups excluding carboxylic acids is 1. The molecule has 0 N–H and O–H groups in total. The third kappa shape index (κ3) is 1.65. The summed E-state index contributed by atoms with van der Waals surface area (Å²) in [4.78, 5) is 15.5. The Morgan fingerprint density at radius 2 is 2.00 bits per heavy atom. The quantitative estimate of drug-likeness (QED) is 0.775. The van der Waals surface area contributed by atoms with Crippen molar-refractivity contribution in [3.8, 4) is 0 Å². The Hall–Kier alpha value is -1.61. The first-order valence-corrected chi connectivity index (χ1v) is 7.64. The maximum atomic E-state index is 12.0. The second kappa shape index (κ2) is 4.20. The van der Waals surface area contributed by atoms with Crippen LogP contribution in [0.4, 0.5) is 0 Å². The molecule has 0 aliphatic carbocycles. The van der Waals surface area contributed by atoms with E-state index >= 15 is 0 Å². The molecule has 2 unspecified atom stereocenters.